The molecule has 0 N–H and O–H groups in total. The highest BCUT2D eigenvalue weighted by Gasteiger charge is 2.33. The predicted molar refractivity (Wildman–Crippen MR) is 80.1 cm³/mol. The van der Waals surface area contributed by atoms with Gasteiger partial charge in [-0.25, -0.2) is 0 Å². The fourth-order valence-electron chi connectivity index (χ4n) is 2.82. The molecule has 21 heavy (non-hydrogen) atoms. The van der Waals surface area contributed by atoms with Gasteiger partial charge in [-0.15, -0.1) is 0 Å². The molecule has 3 rings (SSSR count). The van der Waals surface area contributed by atoms with E-state index in [-0.39, 0.29) is 11.9 Å². The van der Waals surface area contributed by atoms with Gasteiger partial charge in [-0.2, -0.15) is 0 Å². The number of nitrogens with zero attached hydrogens (tertiary/aromatic N) is 2. The van der Waals surface area contributed by atoms with Gasteiger partial charge < -0.3 is 9.42 Å². The van der Waals surface area contributed by atoms with Crippen molar-refractivity contribution in [2.24, 2.45) is 0 Å². The minimum absolute atomic E-state index is 0.0200. The molecule has 1 fully saturated rings. The zero-order valence-electron chi connectivity index (χ0n) is 12.5. The molecule has 0 radical (unpaired) electrons. The van der Waals surface area contributed by atoms with Crippen LogP contribution in [0.4, 0.5) is 0 Å². The molecule has 4 heteroatoms. The van der Waals surface area contributed by atoms with Gasteiger partial charge in [-0.1, -0.05) is 29.8 Å². The van der Waals surface area contributed by atoms with Gasteiger partial charge in [0.2, 0.25) is 0 Å². The molecular weight excluding hydrogens is 264 g/mol. The maximum atomic E-state index is 12.7. The lowest BCUT2D eigenvalue weighted by molar-refractivity contribution is 0.0714. The van der Waals surface area contributed by atoms with Gasteiger partial charge in [0.15, 0.2) is 5.76 Å². The van der Waals surface area contributed by atoms with Crippen molar-refractivity contribution in [3.05, 3.63) is 52.9 Å². The standard InChI is InChI=1S/C17H20N2O2/c1-3-14-11-16(21-18-14)15-5-4-10-19(15)17(20)13-8-6-12(2)7-9-13/h6-9,11,15H,3-5,10H2,1-2H3. The van der Waals surface area contributed by atoms with Crippen LogP contribution in [-0.4, -0.2) is 22.5 Å². The summed E-state index contributed by atoms with van der Waals surface area (Å²) in [5, 5.41) is 4.04. The lowest BCUT2D eigenvalue weighted by Gasteiger charge is -2.22. The fraction of sp³-hybridized carbons (Fsp3) is 0.412. The minimum Gasteiger partial charge on any atom is -0.359 e. The highest BCUT2D eigenvalue weighted by Crippen LogP contribution is 2.33. The molecular formula is C17H20N2O2. The first-order valence-corrected chi connectivity index (χ1v) is 7.52. The molecule has 1 aromatic carbocycles. The van der Waals surface area contributed by atoms with E-state index in [4.69, 9.17) is 4.52 Å². The lowest BCUT2D eigenvalue weighted by atomic mass is 10.1. The molecule has 0 aliphatic carbocycles. The number of benzene rings is 1. The summed E-state index contributed by atoms with van der Waals surface area (Å²) in [7, 11) is 0. The predicted octanol–water partition coefficient (Wildman–Crippen LogP) is 3.52. The van der Waals surface area contributed by atoms with Crippen molar-refractivity contribution in [2.45, 2.75) is 39.2 Å². The van der Waals surface area contributed by atoms with Gasteiger partial charge in [-0.05, 0) is 38.3 Å². The molecule has 110 valence electrons. The Bertz CT molecular complexity index is 630. The van der Waals surface area contributed by atoms with Crippen LogP contribution in [0.15, 0.2) is 34.9 Å². The first-order chi connectivity index (χ1) is 10.2. The third-order valence-electron chi connectivity index (χ3n) is 4.08. The van der Waals surface area contributed by atoms with Crippen LogP contribution in [0, 0.1) is 6.92 Å². The van der Waals surface area contributed by atoms with Gasteiger partial charge in [0, 0.05) is 18.2 Å². The van der Waals surface area contributed by atoms with Gasteiger partial charge >= 0.3 is 0 Å². The monoisotopic (exact) mass is 284 g/mol. The molecule has 1 aromatic heterocycles. The number of carbonyl (C=O) groups is 1. The largest absolute Gasteiger partial charge is 0.359 e. The molecule has 1 saturated heterocycles. The quantitative estimate of drug-likeness (QED) is 0.866. The summed E-state index contributed by atoms with van der Waals surface area (Å²) in [5.41, 5.74) is 2.84. The number of aromatic nitrogens is 1. The second kappa shape index (κ2) is 5.72. The van der Waals surface area contributed by atoms with Gasteiger partial charge in [0.25, 0.3) is 5.91 Å². The van der Waals surface area contributed by atoms with E-state index in [9.17, 15) is 4.79 Å². The Labute approximate surface area is 124 Å². The van der Waals surface area contributed by atoms with Crippen molar-refractivity contribution in [3.63, 3.8) is 0 Å². The minimum atomic E-state index is 0.0200. The summed E-state index contributed by atoms with van der Waals surface area (Å²) in [4.78, 5) is 14.6. The van der Waals surface area contributed by atoms with E-state index in [0.29, 0.717) is 0 Å². The van der Waals surface area contributed by atoms with Crippen LogP contribution < -0.4 is 0 Å². The molecule has 0 spiro atoms. The number of rotatable bonds is 3. The van der Waals surface area contributed by atoms with E-state index in [2.05, 4.69) is 5.16 Å². The highest BCUT2D eigenvalue weighted by atomic mass is 16.5. The number of hydrogen-bond acceptors (Lipinski definition) is 3. The van der Waals surface area contributed by atoms with Crippen LogP contribution >= 0.6 is 0 Å². The molecule has 2 aromatic rings. The third kappa shape index (κ3) is 2.71. The van der Waals surface area contributed by atoms with Crippen LogP contribution in [0.5, 0.6) is 0 Å². The van der Waals surface area contributed by atoms with Gasteiger partial charge in [0.1, 0.15) is 0 Å². The zero-order valence-corrected chi connectivity index (χ0v) is 12.5. The Morgan fingerprint density at radius 1 is 1.38 bits per heavy atom. The highest BCUT2D eigenvalue weighted by molar-refractivity contribution is 5.94. The molecule has 1 atom stereocenters. The summed E-state index contributed by atoms with van der Waals surface area (Å²) in [6.07, 6.45) is 2.79. The number of amides is 1. The third-order valence-corrected chi connectivity index (χ3v) is 4.08. The molecule has 2 heterocycles. The Balaban J connectivity index is 1.83. The number of hydrogen-bond donors (Lipinski definition) is 0. The van der Waals surface area contributed by atoms with Crippen LogP contribution in [0.25, 0.3) is 0 Å². The Kier molecular flexibility index (Phi) is 3.78. The summed E-state index contributed by atoms with van der Waals surface area (Å²) in [6.45, 7) is 4.85. The SMILES string of the molecule is CCc1cc(C2CCCN2C(=O)c2ccc(C)cc2)on1. The summed E-state index contributed by atoms with van der Waals surface area (Å²) >= 11 is 0. The topological polar surface area (TPSA) is 46.3 Å². The van der Waals surface area contributed by atoms with Crippen molar-refractivity contribution in [3.8, 4) is 0 Å². The van der Waals surface area contributed by atoms with E-state index in [1.165, 1.54) is 0 Å². The molecule has 1 aliphatic rings. The van der Waals surface area contributed by atoms with E-state index < -0.39 is 0 Å². The van der Waals surface area contributed by atoms with Crippen LogP contribution in [0.1, 0.15) is 53.2 Å². The smallest absolute Gasteiger partial charge is 0.254 e. The number of aryl methyl sites for hydroxylation is 2. The van der Waals surface area contributed by atoms with Gasteiger partial charge in [-0.3, -0.25) is 4.79 Å². The Morgan fingerprint density at radius 2 is 2.14 bits per heavy atom. The van der Waals surface area contributed by atoms with Crippen molar-refractivity contribution < 1.29 is 9.32 Å². The van der Waals surface area contributed by atoms with E-state index in [1.54, 1.807) is 0 Å². The molecule has 0 saturated carbocycles. The fourth-order valence-corrected chi connectivity index (χ4v) is 2.82. The van der Waals surface area contributed by atoms with E-state index in [0.717, 1.165) is 48.4 Å². The summed E-state index contributed by atoms with van der Waals surface area (Å²) in [5.74, 6) is 0.886. The Hall–Kier alpha value is -2.10. The van der Waals surface area contributed by atoms with Crippen molar-refractivity contribution in [2.75, 3.05) is 6.54 Å². The lowest BCUT2D eigenvalue weighted by Crippen LogP contribution is -2.30. The molecule has 0 bridgehead atoms. The Morgan fingerprint density at radius 3 is 2.81 bits per heavy atom. The summed E-state index contributed by atoms with van der Waals surface area (Å²) < 4.78 is 5.43. The number of likely N-dealkylation sites (tertiary alicyclic amines) is 1. The van der Waals surface area contributed by atoms with E-state index >= 15 is 0 Å². The number of carbonyl (C=O) groups excluding carboxylic acids is 1. The average Bonchev–Trinajstić information content (AvgIpc) is 3.15. The van der Waals surface area contributed by atoms with Crippen molar-refractivity contribution in [1.29, 1.82) is 0 Å². The molecule has 1 amide bonds. The zero-order chi connectivity index (χ0) is 14.8. The molecule has 4 nitrogen and oxygen atoms in total. The first-order valence-electron chi connectivity index (χ1n) is 7.52. The first kappa shape index (κ1) is 13.9. The van der Waals surface area contributed by atoms with Crippen LogP contribution in [0.3, 0.4) is 0 Å². The van der Waals surface area contributed by atoms with Crippen LogP contribution in [0.2, 0.25) is 0 Å². The van der Waals surface area contributed by atoms with Crippen molar-refractivity contribution in [1.82, 2.24) is 10.1 Å². The van der Waals surface area contributed by atoms with E-state index in [1.807, 2.05) is 49.1 Å². The van der Waals surface area contributed by atoms with Crippen molar-refractivity contribution >= 4 is 5.91 Å². The molecule has 1 unspecified atom stereocenters. The average molecular weight is 284 g/mol. The second-order valence-corrected chi connectivity index (χ2v) is 5.60. The maximum Gasteiger partial charge on any atom is 0.254 e. The summed E-state index contributed by atoms with van der Waals surface area (Å²) in [6, 6.07) is 9.73. The normalized spacial score (nSPS) is 18.2. The molecule has 1 aliphatic heterocycles. The van der Waals surface area contributed by atoms with Crippen LogP contribution in [-0.2, 0) is 6.42 Å². The second-order valence-electron chi connectivity index (χ2n) is 5.60. The maximum absolute atomic E-state index is 12.7. The van der Waals surface area contributed by atoms with Gasteiger partial charge in [0.05, 0.1) is 11.7 Å².